The molecule has 5 rings (SSSR count). The number of hydrogen-bond acceptors (Lipinski definition) is 6. The normalized spacial score (nSPS) is 21.6. The average molecular weight is 558 g/mol. The van der Waals surface area contributed by atoms with Crippen LogP contribution in [0.2, 0.25) is 0 Å². The summed E-state index contributed by atoms with van der Waals surface area (Å²) in [5.74, 6) is -0.270. The summed E-state index contributed by atoms with van der Waals surface area (Å²) in [6.45, 7) is 9.68. The highest BCUT2D eigenvalue weighted by Crippen LogP contribution is 2.27. The quantitative estimate of drug-likeness (QED) is 0.317. The standard InChI is InChI=1S/C34H43N3O4/c1-23(28-12-7-10-25-9-5-6-11-29(25)28)35-26-19-20-37(22-26)27-17-15-24(16-18-27)21-32(38)40-31-14-8-13-30(31)36-33(39)41-34(2,3)4/h5-7,9-12,15-18,23,26,30-31,35H,8,13-14,19-22H2,1-4H3,(H,36,39)/t23-,26+,30+,31-/m1/s1. The van der Waals surface area contributed by atoms with Gasteiger partial charge in [0.25, 0.3) is 0 Å². The summed E-state index contributed by atoms with van der Waals surface area (Å²) in [6.07, 6.45) is 2.93. The SMILES string of the molecule is C[C@@H](N[C@H]1CCN(c2ccc(CC(=O)O[C@@H]3CCC[C@@H]3NC(=O)OC(C)(C)C)cc2)C1)c1cccc2ccccc12. The van der Waals surface area contributed by atoms with E-state index in [1.54, 1.807) is 0 Å². The second kappa shape index (κ2) is 12.5. The number of fused-ring (bicyclic) bond motifs is 1. The van der Waals surface area contributed by atoms with Gasteiger partial charge in [-0.15, -0.1) is 0 Å². The summed E-state index contributed by atoms with van der Waals surface area (Å²) < 4.78 is 11.1. The van der Waals surface area contributed by atoms with E-state index >= 15 is 0 Å². The van der Waals surface area contributed by atoms with E-state index in [0.717, 1.165) is 44.3 Å². The summed E-state index contributed by atoms with van der Waals surface area (Å²) >= 11 is 0. The number of amides is 1. The highest BCUT2D eigenvalue weighted by Gasteiger charge is 2.33. The van der Waals surface area contributed by atoms with E-state index in [1.165, 1.54) is 22.0 Å². The molecule has 3 aromatic carbocycles. The van der Waals surface area contributed by atoms with E-state index in [0.29, 0.717) is 6.04 Å². The van der Waals surface area contributed by atoms with Crippen LogP contribution in [0.5, 0.6) is 0 Å². The lowest BCUT2D eigenvalue weighted by Crippen LogP contribution is -2.44. The Bertz CT molecular complexity index is 1340. The second-order valence-electron chi connectivity index (χ2n) is 12.4. The molecular weight excluding hydrogens is 514 g/mol. The van der Waals surface area contributed by atoms with Gasteiger partial charge in [-0.2, -0.15) is 0 Å². The van der Waals surface area contributed by atoms with Crippen LogP contribution in [-0.2, 0) is 20.7 Å². The molecule has 1 saturated heterocycles. The molecule has 1 heterocycles. The second-order valence-corrected chi connectivity index (χ2v) is 12.4. The van der Waals surface area contributed by atoms with Crippen molar-refractivity contribution in [3.63, 3.8) is 0 Å². The maximum absolute atomic E-state index is 12.7. The molecule has 0 bridgehead atoms. The molecule has 0 radical (unpaired) electrons. The van der Waals surface area contributed by atoms with E-state index in [9.17, 15) is 9.59 Å². The van der Waals surface area contributed by atoms with Crippen LogP contribution in [0.15, 0.2) is 66.7 Å². The van der Waals surface area contributed by atoms with Crippen LogP contribution >= 0.6 is 0 Å². The lowest BCUT2D eigenvalue weighted by Gasteiger charge is -2.25. The van der Waals surface area contributed by atoms with E-state index in [-0.39, 0.29) is 30.6 Å². The first-order valence-electron chi connectivity index (χ1n) is 14.9. The zero-order valence-corrected chi connectivity index (χ0v) is 24.7. The molecule has 0 spiro atoms. The van der Waals surface area contributed by atoms with Crippen LogP contribution in [0, 0.1) is 0 Å². The van der Waals surface area contributed by atoms with Crippen molar-refractivity contribution in [3.8, 4) is 0 Å². The van der Waals surface area contributed by atoms with Crippen LogP contribution in [0.4, 0.5) is 10.5 Å². The Morgan fingerprint density at radius 1 is 0.976 bits per heavy atom. The maximum Gasteiger partial charge on any atom is 0.408 e. The number of nitrogens with one attached hydrogen (secondary N) is 2. The summed E-state index contributed by atoms with van der Waals surface area (Å²) in [4.78, 5) is 27.3. The molecule has 1 amide bonds. The van der Waals surface area contributed by atoms with Crippen LogP contribution in [0.3, 0.4) is 0 Å². The van der Waals surface area contributed by atoms with Gasteiger partial charge in [0.1, 0.15) is 11.7 Å². The fourth-order valence-corrected chi connectivity index (χ4v) is 6.10. The number of anilines is 1. The number of carbonyl (C=O) groups excluding carboxylic acids is 2. The van der Waals surface area contributed by atoms with Crippen LogP contribution in [0.25, 0.3) is 10.8 Å². The van der Waals surface area contributed by atoms with Gasteiger partial charge in [-0.25, -0.2) is 4.79 Å². The summed E-state index contributed by atoms with van der Waals surface area (Å²) in [5, 5.41) is 9.31. The molecule has 7 heteroatoms. The van der Waals surface area contributed by atoms with Crippen LogP contribution < -0.4 is 15.5 Å². The van der Waals surface area contributed by atoms with Gasteiger partial charge in [-0.3, -0.25) is 4.79 Å². The van der Waals surface area contributed by atoms with Gasteiger partial charge >= 0.3 is 12.1 Å². The minimum atomic E-state index is -0.566. The van der Waals surface area contributed by atoms with Crippen molar-refractivity contribution < 1.29 is 19.1 Å². The predicted octanol–water partition coefficient (Wildman–Crippen LogP) is 6.30. The van der Waals surface area contributed by atoms with Gasteiger partial charge in [0, 0.05) is 30.9 Å². The van der Waals surface area contributed by atoms with Gasteiger partial charge in [0.15, 0.2) is 0 Å². The molecule has 218 valence electrons. The predicted molar refractivity (Wildman–Crippen MR) is 163 cm³/mol. The fraction of sp³-hybridized carbons (Fsp3) is 0.471. The summed E-state index contributed by atoms with van der Waals surface area (Å²) in [5.41, 5.74) is 2.86. The number of benzene rings is 3. The van der Waals surface area contributed by atoms with E-state index in [2.05, 4.69) is 77.1 Å². The Balaban J connectivity index is 1.10. The zero-order chi connectivity index (χ0) is 29.0. The molecule has 2 fully saturated rings. The molecule has 0 unspecified atom stereocenters. The Morgan fingerprint density at radius 3 is 2.51 bits per heavy atom. The Hall–Kier alpha value is -3.58. The first-order chi connectivity index (χ1) is 19.6. The lowest BCUT2D eigenvalue weighted by atomic mass is 9.99. The molecule has 1 saturated carbocycles. The molecule has 3 aromatic rings. The molecule has 4 atom stereocenters. The summed E-state index contributed by atoms with van der Waals surface area (Å²) in [7, 11) is 0. The molecular formula is C34H43N3O4. The summed E-state index contributed by atoms with van der Waals surface area (Å²) in [6, 6.07) is 23.8. The third-order valence-electron chi connectivity index (χ3n) is 8.05. The highest BCUT2D eigenvalue weighted by atomic mass is 16.6. The number of nitrogens with zero attached hydrogens (tertiary/aromatic N) is 1. The smallest absolute Gasteiger partial charge is 0.408 e. The van der Waals surface area contributed by atoms with Gasteiger partial charge in [-0.05, 0) is 87.4 Å². The average Bonchev–Trinajstić information content (AvgIpc) is 3.57. The van der Waals surface area contributed by atoms with Crippen LogP contribution in [0.1, 0.15) is 70.5 Å². The van der Waals surface area contributed by atoms with Crippen molar-refractivity contribution in [1.29, 1.82) is 0 Å². The van der Waals surface area contributed by atoms with Gasteiger partial charge in [-0.1, -0.05) is 54.6 Å². The van der Waals surface area contributed by atoms with Crippen molar-refractivity contribution in [2.24, 2.45) is 0 Å². The maximum atomic E-state index is 12.7. The molecule has 1 aliphatic carbocycles. The Morgan fingerprint density at radius 2 is 1.73 bits per heavy atom. The van der Waals surface area contributed by atoms with Crippen molar-refractivity contribution in [2.75, 3.05) is 18.0 Å². The molecule has 2 N–H and O–H groups in total. The van der Waals surface area contributed by atoms with E-state index in [4.69, 9.17) is 9.47 Å². The minimum Gasteiger partial charge on any atom is -0.460 e. The number of esters is 1. The molecule has 41 heavy (non-hydrogen) atoms. The fourth-order valence-electron chi connectivity index (χ4n) is 6.10. The molecule has 1 aliphatic heterocycles. The van der Waals surface area contributed by atoms with Gasteiger partial charge in [0.05, 0.1) is 12.5 Å². The molecule has 7 nitrogen and oxygen atoms in total. The van der Waals surface area contributed by atoms with Crippen LogP contribution in [-0.4, -0.2) is 48.9 Å². The monoisotopic (exact) mass is 557 g/mol. The number of carbonyl (C=O) groups is 2. The van der Waals surface area contributed by atoms with Gasteiger partial charge < -0.3 is 25.0 Å². The van der Waals surface area contributed by atoms with Crippen molar-refractivity contribution in [3.05, 3.63) is 77.9 Å². The number of rotatable bonds is 8. The number of ether oxygens (including phenoxy) is 2. The third-order valence-corrected chi connectivity index (χ3v) is 8.05. The lowest BCUT2D eigenvalue weighted by molar-refractivity contribution is -0.148. The Kier molecular flexibility index (Phi) is 8.83. The van der Waals surface area contributed by atoms with Crippen molar-refractivity contribution >= 4 is 28.5 Å². The topological polar surface area (TPSA) is 79.9 Å². The number of hydrogen-bond donors (Lipinski definition) is 2. The third kappa shape index (κ3) is 7.59. The first-order valence-corrected chi connectivity index (χ1v) is 14.9. The van der Waals surface area contributed by atoms with Crippen molar-refractivity contribution in [2.45, 2.75) is 89.6 Å². The number of alkyl carbamates (subject to hydrolysis) is 1. The molecule has 2 aliphatic rings. The molecule has 0 aromatic heterocycles. The minimum absolute atomic E-state index is 0.211. The van der Waals surface area contributed by atoms with E-state index in [1.807, 2.05) is 32.9 Å². The Labute approximate surface area is 243 Å². The zero-order valence-electron chi connectivity index (χ0n) is 24.7. The largest absolute Gasteiger partial charge is 0.460 e. The van der Waals surface area contributed by atoms with Crippen molar-refractivity contribution in [1.82, 2.24) is 10.6 Å². The first kappa shape index (κ1) is 28.9. The van der Waals surface area contributed by atoms with Gasteiger partial charge in [0.2, 0.25) is 0 Å². The highest BCUT2D eigenvalue weighted by molar-refractivity contribution is 5.86. The van der Waals surface area contributed by atoms with E-state index < -0.39 is 11.7 Å².